The van der Waals surface area contributed by atoms with Gasteiger partial charge in [0.05, 0.1) is 17.8 Å². The molecule has 1 aliphatic heterocycles. The van der Waals surface area contributed by atoms with Crippen molar-refractivity contribution in [2.24, 2.45) is 0 Å². The van der Waals surface area contributed by atoms with Crippen LogP contribution >= 0.6 is 12.2 Å². The van der Waals surface area contributed by atoms with Gasteiger partial charge in [-0.05, 0) is 73.9 Å². The first-order valence-electron chi connectivity index (χ1n) is 13.0. The molecular formula is C31H33N5OS. The molecule has 2 atom stereocenters. The van der Waals surface area contributed by atoms with Crippen LogP contribution in [-0.2, 0) is 11.3 Å². The zero-order valence-corrected chi connectivity index (χ0v) is 22.8. The Balaban J connectivity index is 1.43. The van der Waals surface area contributed by atoms with Crippen LogP contribution in [0.3, 0.4) is 0 Å². The number of hydrogen-bond donors (Lipinski definition) is 2. The Bertz CT molecular complexity index is 1430. The Kier molecular flexibility index (Phi) is 7.56. The zero-order chi connectivity index (χ0) is 26.6. The van der Waals surface area contributed by atoms with Crippen LogP contribution in [0.4, 0.5) is 5.69 Å². The number of benzene rings is 2. The van der Waals surface area contributed by atoms with Crippen molar-refractivity contribution in [1.29, 1.82) is 0 Å². The summed E-state index contributed by atoms with van der Waals surface area (Å²) in [6, 6.07) is 26.3. The van der Waals surface area contributed by atoms with E-state index in [1.807, 2.05) is 61.7 Å². The Morgan fingerprint density at radius 1 is 1.00 bits per heavy atom. The summed E-state index contributed by atoms with van der Waals surface area (Å²) in [6.07, 6.45) is 2.14. The van der Waals surface area contributed by atoms with Gasteiger partial charge in [-0.1, -0.05) is 54.6 Å². The number of carbonyl (C=O) groups excluding carboxylic acids is 1. The van der Waals surface area contributed by atoms with E-state index in [2.05, 4.69) is 69.3 Å². The van der Waals surface area contributed by atoms with E-state index in [4.69, 9.17) is 12.2 Å². The number of aryl methyl sites for hydroxylation is 2. The van der Waals surface area contributed by atoms with Crippen molar-refractivity contribution in [2.75, 3.05) is 11.9 Å². The lowest BCUT2D eigenvalue weighted by Gasteiger charge is -2.28. The van der Waals surface area contributed by atoms with Crippen LogP contribution in [-0.4, -0.2) is 32.0 Å². The summed E-state index contributed by atoms with van der Waals surface area (Å²) in [5, 5.41) is 7.20. The molecule has 0 aliphatic carbocycles. The molecular weight excluding hydrogens is 490 g/mol. The van der Waals surface area contributed by atoms with Gasteiger partial charge in [-0.2, -0.15) is 0 Å². The van der Waals surface area contributed by atoms with Gasteiger partial charge in [-0.15, -0.1) is 0 Å². The van der Waals surface area contributed by atoms with Crippen molar-refractivity contribution in [3.63, 3.8) is 0 Å². The molecule has 2 N–H and O–H groups in total. The van der Waals surface area contributed by atoms with E-state index in [0.717, 1.165) is 23.5 Å². The molecule has 3 heterocycles. The van der Waals surface area contributed by atoms with Crippen molar-refractivity contribution >= 4 is 28.9 Å². The standard InChI is InChI=1S/C31H33N5OS/c1-21-11-7-8-14-26(21)33-28(37)16-18-35-30(29(34-31(35)38)27-15-9-10-17-32-27)25-19-22(2)36(23(25)3)20-24-12-5-4-6-13-24/h4-15,17,19,29-30H,16,18,20H2,1-3H3,(H,33,37)(H,34,38). The van der Waals surface area contributed by atoms with E-state index in [9.17, 15) is 4.79 Å². The molecule has 7 heteroatoms. The van der Waals surface area contributed by atoms with Gasteiger partial charge < -0.3 is 20.1 Å². The summed E-state index contributed by atoms with van der Waals surface area (Å²) in [5.41, 5.74) is 7.65. The number of para-hydroxylation sites is 1. The highest BCUT2D eigenvalue weighted by atomic mass is 32.1. The molecule has 0 bridgehead atoms. The normalized spacial score (nSPS) is 16.9. The number of amides is 1. The molecule has 0 spiro atoms. The molecule has 2 aromatic heterocycles. The van der Waals surface area contributed by atoms with Crippen molar-refractivity contribution in [3.8, 4) is 0 Å². The van der Waals surface area contributed by atoms with Crippen LogP contribution in [0.1, 0.15) is 52.3 Å². The predicted octanol–water partition coefficient (Wildman–Crippen LogP) is 5.86. The third kappa shape index (κ3) is 5.34. The molecule has 2 unspecified atom stereocenters. The second-order valence-corrected chi connectivity index (χ2v) is 10.2. The van der Waals surface area contributed by atoms with Crippen LogP contribution < -0.4 is 10.6 Å². The molecule has 1 aliphatic rings. The fourth-order valence-corrected chi connectivity index (χ4v) is 5.60. The Morgan fingerprint density at radius 2 is 1.74 bits per heavy atom. The molecule has 0 radical (unpaired) electrons. The molecule has 6 nitrogen and oxygen atoms in total. The molecule has 1 amide bonds. The number of thiocarbonyl (C=S) groups is 1. The first-order valence-corrected chi connectivity index (χ1v) is 13.4. The molecule has 0 saturated carbocycles. The molecule has 4 aromatic rings. The molecule has 38 heavy (non-hydrogen) atoms. The number of hydrogen-bond acceptors (Lipinski definition) is 3. The summed E-state index contributed by atoms with van der Waals surface area (Å²) in [5.74, 6) is -0.0308. The highest BCUT2D eigenvalue weighted by Crippen LogP contribution is 2.41. The van der Waals surface area contributed by atoms with Crippen LogP contribution in [0.2, 0.25) is 0 Å². The highest BCUT2D eigenvalue weighted by Gasteiger charge is 2.41. The van der Waals surface area contributed by atoms with E-state index in [-0.39, 0.29) is 18.0 Å². The monoisotopic (exact) mass is 523 g/mol. The number of pyridine rings is 1. The SMILES string of the molecule is Cc1ccccc1NC(=O)CCN1C(=S)NC(c2ccccn2)C1c1cc(C)n(Cc2ccccc2)c1C. The average molecular weight is 524 g/mol. The quantitative estimate of drug-likeness (QED) is 0.283. The first-order chi connectivity index (χ1) is 18.4. The minimum Gasteiger partial charge on any atom is -0.352 e. The van der Waals surface area contributed by atoms with E-state index in [1.165, 1.54) is 22.5 Å². The summed E-state index contributed by atoms with van der Waals surface area (Å²) >= 11 is 5.83. The lowest BCUT2D eigenvalue weighted by molar-refractivity contribution is -0.116. The largest absolute Gasteiger partial charge is 0.352 e. The van der Waals surface area contributed by atoms with Gasteiger partial charge in [0, 0.05) is 42.8 Å². The van der Waals surface area contributed by atoms with Gasteiger partial charge in [0.1, 0.15) is 0 Å². The van der Waals surface area contributed by atoms with E-state index in [0.29, 0.717) is 18.1 Å². The molecule has 194 valence electrons. The fourth-order valence-electron chi connectivity index (χ4n) is 5.27. The third-order valence-electron chi connectivity index (χ3n) is 7.31. The number of nitrogens with one attached hydrogen (secondary N) is 2. The van der Waals surface area contributed by atoms with Crippen LogP contribution in [0, 0.1) is 20.8 Å². The summed E-state index contributed by atoms with van der Waals surface area (Å²) < 4.78 is 2.35. The third-order valence-corrected chi connectivity index (χ3v) is 7.66. The van der Waals surface area contributed by atoms with Gasteiger partial charge in [-0.3, -0.25) is 9.78 Å². The van der Waals surface area contributed by atoms with Gasteiger partial charge in [0.2, 0.25) is 5.91 Å². The van der Waals surface area contributed by atoms with Gasteiger partial charge in [0.15, 0.2) is 5.11 Å². The van der Waals surface area contributed by atoms with E-state index < -0.39 is 0 Å². The molecule has 2 aromatic carbocycles. The summed E-state index contributed by atoms with van der Waals surface area (Å²) in [7, 11) is 0. The van der Waals surface area contributed by atoms with Gasteiger partial charge in [0.25, 0.3) is 0 Å². The second-order valence-electron chi connectivity index (χ2n) is 9.83. The minimum atomic E-state index is -0.117. The number of nitrogens with zero attached hydrogens (tertiary/aromatic N) is 3. The Morgan fingerprint density at radius 3 is 2.47 bits per heavy atom. The molecule has 1 fully saturated rings. The molecule has 5 rings (SSSR count). The average Bonchev–Trinajstić information content (AvgIpc) is 3.40. The van der Waals surface area contributed by atoms with E-state index >= 15 is 0 Å². The zero-order valence-electron chi connectivity index (χ0n) is 22.0. The summed E-state index contributed by atoms with van der Waals surface area (Å²) in [4.78, 5) is 19.7. The fraction of sp³-hybridized carbons (Fsp3) is 0.258. The van der Waals surface area contributed by atoms with Gasteiger partial charge >= 0.3 is 0 Å². The second kappa shape index (κ2) is 11.2. The number of rotatable bonds is 8. The molecule has 1 saturated heterocycles. The van der Waals surface area contributed by atoms with Crippen molar-refractivity contribution < 1.29 is 4.79 Å². The van der Waals surface area contributed by atoms with E-state index in [1.54, 1.807) is 0 Å². The maximum Gasteiger partial charge on any atom is 0.226 e. The predicted molar refractivity (Wildman–Crippen MR) is 156 cm³/mol. The summed E-state index contributed by atoms with van der Waals surface area (Å²) in [6.45, 7) is 7.62. The van der Waals surface area contributed by atoms with Gasteiger partial charge in [-0.25, -0.2) is 0 Å². The first kappa shape index (κ1) is 25.7. The highest BCUT2D eigenvalue weighted by molar-refractivity contribution is 7.80. The number of anilines is 1. The van der Waals surface area contributed by atoms with Crippen molar-refractivity contribution in [2.45, 2.75) is 45.8 Å². The number of carbonyl (C=O) groups is 1. The number of aromatic nitrogens is 2. The maximum atomic E-state index is 12.9. The van der Waals surface area contributed by atoms with Crippen molar-refractivity contribution in [1.82, 2.24) is 19.8 Å². The Hall–Kier alpha value is -3.97. The lowest BCUT2D eigenvalue weighted by Crippen LogP contribution is -2.33. The topological polar surface area (TPSA) is 62.2 Å². The van der Waals surface area contributed by atoms with Crippen molar-refractivity contribution in [3.05, 3.63) is 119 Å². The van der Waals surface area contributed by atoms with Crippen LogP contribution in [0.5, 0.6) is 0 Å². The smallest absolute Gasteiger partial charge is 0.226 e. The Labute approximate surface area is 229 Å². The van der Waals surface area contributed by atoms with Crippen LogP contribution in [0.25, 0.3) is 0 Å². The maximum absolute atomic E-state index is 12.9. The van der Waals surface area contributed by atoms with Crippen LogP contribution in [0.15, 0.2) is 85.1 Å². The lowest BCUT2D eigenvalue weighted by atomic mass is 9.96. The minimum absolute atomic E-state index is 0.0308.